The molecule has 0 unspecified atom stereocenters. The second kappa shape index (κ2) is 9.47. The van der Waals surface area contributed by atoms with Gasteiger partial charge in [0, 0.05) is 49.4 Å². The summed E-state index contributed by atoms with van der Waals surface area (Å²) in [5.74, 6) is -1.69. The summed E-state index contributed by atoms with van der Waals surface area (Å²) < 4.78 is 23.6. The van der Waals surface area contributed by atoms with Crippen LogP contribution in [0.5, 0.6) is 0 Å². The van der Waals surface area contributed by atoms with Crippen molar-refractivity contribution < 1.29 is 38.1 Å². The summed E-state index contributed by atoms with van der Waals surface area (Å²) in [6, 6.07) is 2.02. The maximum Gasteiger partial charge on any atom is 0.303 e. The Morgan fingerprint density at radius 3 is 2.20 bits per heavy atom. The lowest BCUT2D eigenvalue weighted by Crippen LogP contribution is -2.75. The van der Waals surface area contributed by atoms with Crippen molar-refractivity contribution >= 4 is 17.9 Å². The second-order valence-corrected chi connectivity index (χ2v) is 13.9. The molecule has 0 bridgehead atoms. The molecule has 1 aromatic rings. The largest absolute Gasteiger partial charge is 0.472 e. The lowest BCUT2D eigenvalue weighted by atomic mass is 9.36. The van der Waals surface area contributed by atoms with Crippen molar-refractivity contribution in [1.29, 1.82) is 0 Å². The minimum absolute atomic E-state index is 0.0869. The fraction of sp³-hybridized carbons (Fsp3) is 0.719. The van der Waals surface area contributed by atoms with Crippen LogP contribution >= 0.6 is 0 Å². The van der Waals surface area contributed by atoms with Gasteiger partial charge < -0.3 is 23.7 Å². The minimum Gasteiger partial charge on any atom is -0.472 e. The van der Waals surface area contributed by atoms with Gasteiger partial charge in [0.05, 0.1) is 18.6 Å². The molecular formula is C32H44O8. The average Bonchev–Trinajstić information content (AvgIpc) is 3.47. The van der Waals surface area contributed by atoms with Crippen LogP contribution in [0.4, 0.5) is 0 Å². The van der Waals surface area contributed by atoms with Gasteiger partial charge in [0.1, 0.15) is 18.3 Å². The number of fused-ring (bicyclic) bond motifs is 5. The van der Waals surface area contributed by atoms with Gasteiger partial charge in [-0.25, -0.2) is 0 Å². The molecule has 220 valence electrons. The summed E-state index contributed by atoms with van der Waals surface area (Å²) in [6.45, 7) is 14.7. The van der Waals surface area contributed by atoms with E-state index in [-0.39, 0.29) is 23.7 Å². The number of rotatable bonds is 4. The third kappa shape index (κ3) is 3.92. The Labute approximate surface area is 236 Å². The molecular weight excluding hydrogens is 512 g/mol. The van der Waals surface area contributed by atoms with Crippen LogP contribution in [0.3, 0.4) is 0 Å². The van der Waals surface area contributed by atoms with E-state index >= 15 is 0 Å². The molecule has 10 atom stereocenters. The van der Waals surface area contributed by atoms with Crippen molar-refractivity contribution in [2.24, 2.45) is 33.5 Å². The summed E-state index contributed by atoms with van der Waals surface area (Å²) in [4.78, 5) is 37.6. The Bertz CT molecular complexity index is 1220. The first-order chi connectivity index (χ1) is 18.6. The summed E-state index contributed by atoms with van der Waals surface area (Å²) in [7, 11) is 0. The number of carbonyl (C=O) groups is 3. The summed E-state index contributed by atoms with van der Waals surface area (Å²) in [5, 5.41) is 12.0. The second-order valence-electron chi connectivity index (χ2n) is 13.9. The molecule has 8 heteroatoms. The zero-order valence-corrected chi connectivity index (χ0v) is 25.0. The van der Waals surface area contributed by atoms with E-state index in [0.717, 1.165) is 24.8 Å². The van der Waals surface area contributed by atoms with E-state index in [0.29, 0.717) is 0 Å². The van der Waals surface area contributed by atoms with Gasteiger partial charge in [0.15, 0.2) is 0 Å². The van der Waals surface area contributed by atoms with Crippen LogP contribution in [-0.4, -0.2) is 47.4 Å². The van der Waals surface area contributed by atoms with Crippen LogP contribution in [-0.2, 0) is 28.6 Å². The Kier molecular flexibility index (Phi) is 6.84. The van der Waals surface area contributed by atoms with Crippen LogP contribution in [0.1, 0.15) is 92.6 Å². The van der Waals surface area contributed by atoms with Crippen LogP contribution in [0.15, 0.2) is 34.7 Å². The lowest BCUT2D eigenvalue weighted by Gasteiger charge is -2.71. The molecule has 3 fully saturated rings. The predicted molar refractivity (Wildman–Crippen MR) is 146 cm³/mol. The molecule has 0 saturated heterocycles. The van der Waals surface area contributed by atoms with Gasteiger partial charge in [-0.3, -0.25) is 14.4 Å². The average molecular weight is 557 g/mol. The van der Waals surface area contributed by atoms with Crippen LogP contribution < -0.4 is 0 Å². The Balaban J connectivity index is 1.71. The quantitative estimate of drug-likeness (QED) is 0.301. The van der Waals surface area contributed by atoms with Gasteiger partial charge >= 0.3 is 17.9 Å². The maximum atomic E-state index is 12.7. The van der Waals surface area contributed by atoms with Gasteiger partial charge in [-0.2, -0.15) is 0 Å². The first-order valence-electron chi connectivity index (χ1n) is 14.5. The monoisotopic (exact) mass is 556 g/mol. The van der Waals surface area contributed by atoms with Crippen molar-refractivity contribution in [2.45, 2.75) is 111 Å². The summed E-state index contributed by atoms with van der Waals surface area (Å²) in [6.07, 6.45) is 5.53. The molecule has 0 radical (unpaired) electrons. The van der Waals surface area contributed by atoms with Crippen LogP contribution in [0.25, 0.3) is 0 Å². The highest BCUT2D eigenvalue weighted by molar-refractivity contribution is 5.68. The van der Waals surface area contributed by atoms with E-state index in [4.69, 9.17) is 18.6 Å². The van der Waals surface area contributed by atoms with Gasteiger partial charge in [0.25, 0.3) is 0 Å². The Hall–Kier alpha value is -2.61. The molecule has 0 amide bonds. The van der Waals surface area contributed by atoms with E-state index in [1.54, 1.807) is 6.26 Å². The minimum atomic E-state index is -0.855. The first kappa shape index (κ1) is 28.9. The third-order valence-corrected chi connectivity index (χ3v) is 11.5. The van der Waals surface area contributed by atoms with Crippen molar-refractivity contribution in [3.05, 3.63) is 35.8 Å². The topological polar surface area (TPSA) is 112 Å². The van der Waals surface area contributed by atoms with Crippen molar-refractivity contribution in [3.63, 3.8) is 0 Å². The predicted octanol–water partition coefficient (Wildman–Crippen LogP) is 5.34. The number of ether oxygens (including phenoxy) is 3. The number of hydrogen-bond donors (Lipinski definition) is 1. The number of hydrogen-bond acceptors (Lipinski definition) is 8. The first-order valence-corrected chi connectivity index (χ1v) is 14.5. The van der Waals surface area contributed by atoms with Crippen LogP contribution in [0.2, 0.25) is 0 Å². The number of allylic oxidation sites excluding steroid dienone is 1. The van der Waals surface area contributed by atoms with Crippen LogP contribution in [0, 0.1) is 33.5 Å². The number of furan rings is 1. The molecule has 0 spiro atoms. The van der Waals surface area contributed by atoms with E-state index in [2.05, 4.69) is 26.8 Å². The highest BCUT2D eigenvalue weighted by Crippen LogP contribution is 2.74. The lowest BCUT2D eigenvalue weighted by molar-refractivity contribution is -0.295. The molecule has 5 rings (SSSR count). The highest BCUT2D eigenvalue weighted by Gasteiger charge is 2.75. The standard InChI is InChI=1S/C32H44O8/c1-17(33)38-25-15-24(36)32(8)23-11-13-30(6)21(20-12-14-37-16-20)9-10-22(30)31(23,7)28(40-19(3)35)26(39-18(2)34)27(32)29(25,4)5/h10,12,14,16,21,23-28,36H,9,11,13,15H2,1-8H3/t21-,23-,24-,25+,26+,27-,28+,30-,31-,32-/m0/s1. The molecule has 0 aliphatic heterocycles. The molecule has 1 N–H and O–H groups in total. The van der Waals surface area contributed by atoms with Gasteiger partial charge in [-0.05, 0) is 48.1 Å². The zero-order chi connectivity index (χ0) is 29.4. The number of esters is 3. The van der Waals surface area contributed by atoms with E-state index in [1.807, 2.05) is 26.2 Å². The summed E-state index contributed by atoms with van der Waals surface area (Å²) >= 11 is 0. The molecule has 3 saturated carbocycles. The maximum absolute atomic E-state index is 12.7. The molecule has 4 aliphatic rings. The molecule has 1 aromatic heterocycles. The zero-order valence-electron chi connectivity index (χ0n) is 25.0. The van der Waals surface area contributed by atoms with E-state index in [9.17, 15) is 19.5 Å². The van der Waals surface area contributed by atoms with E-state index < -0.39 is 64.5 Å². The highest BCUT2D eigenvalue weighted by atomic mass is 16.6. The van der Waals surface area contributed by atoms with Crippen molar-refractivity contribution in [2.75, 3.05) is 0 Å². The molecule has 8 nitrogen and oxygen atoms in total. The number of aliphatic hydroxyl groups is 1. The molecule has 4 aliphatic carbocycles. The van der Waals surface area contributed by atoms with Gasteiger partial charge in [-0.1, -0.05) is 46.3 Å². The number of aliphatic hydroxyl groups excluding tert-OH is 1. The molecule has 0 aromatic carbocycles. The SMILES string of the molecule is CC(=O)O[C@H]1[C@@H](OC(C)=O)[C@@]2(C)C3=CC[C@@H](c4ccoc4)[C@]3(C)CC[C@@H]2[C@@]2(C)[C@@H](O)C[C@@H](OC(C)=O)C(C)(C)[C@H]12. The Morgan fingerprint density at radius 2 is 1.62 bits per heavy atom. The number of carbonyl (C=O) groups excluding carboxylic acids is 3. The van der Waals surface area contributed by atoms with Gasteiger partial charge in [-0.15, -0.1) is 0 Å². The van der Waals surface area contributed by atoms with Gasteiger partial charge in [0.2, 0.25) is 0 Å². The smallest absolute Gasteiger partial charge is 0.303 e. The molecule has 1 heterocycles. The van der Waals surface area contributed by atoms with Crippen molar-refractivity contribution in [1.82, 2.24) is 0 Å². The summed E-state index contributed by atoms with van der Waals surface area (Å²) in [5.41, 5.74) is -0.0247. The molecule has 40 heavy (non-hydrogen) atoms. The fourth-order valence-electron chi connectivity index (χ4n) is 10.1. The normalized spacial score (nSPS) is 43.4. The fourth-order valence-corrected chi connectivity index (χ4v) is 10.1. The van der Waals surface area contributed by atoms with Crippen molar-refractivity contribution in [3.8, 4) is 0 Å². The Morgan fingerprint density at radius 1 is 0.975 bits per heavy atom. The third-order valence-electron chi connectivity index (χ3n) is 11.5. The van der Waals surface area contributed by atoms with E-state index in [1.165, 1.54) is 26.3 Å².